The number of benzene rings is 1. The molecule has 192 valence electrons. The molecule has 0 bridgehead atoms. The number of carbonyl (C=O) groups is 3. The summed E-state index contributed by atoms with van der Waals surface area (Å²) < 4.78 is 6.14. The first-order valence-corrected chi connectivity index (χ1v) is 13.1. The van der Waals surface area contributed by atoms with Crippen LogP contribution in [0.2, 0.25) is 0 Å². The third-order valence-corrected chi connectivity index (χ3v) is 8.50. The summed E-state index contributed by atoms with van der Waals surface area (Å²) in [5, 5.41) is 9.11. The molecule has 2 heterocycles. The number of fused-ring (bicyclic) bond motifs is 2. The molecule has 1 aromatic carbocycles. The number of amides is 3. The standard InChI is InChI=1S/C27H40N4O4/c1-5-27(6-2)16-22-31(26(34)21(14-15-35-22)30-24(32)17(3)28-4)23(27)25(33)29-20-13-9-11-18-10-7-8-12-19(18)20/h7-8,10,12,17,20-23,28H,5-6,9,11,13-16H2,1-4H3,(H,29,33)(H,30,32)/t17-,20+,21-,22?,23?/m0/s1. The van der Waals surface area contributed by atoms with Crippen LogP contribution in [0.5, 0.6) is 0 Å². The summed E-state index contributed by atoms with van der Waals surface area (Å²) in [4.78, 5) is 42.0. The van der Waals surface area contributed by atoms with Gasteiger partial charge in [-0.2, -0.15) is 0 Å². The molecule has 3 aliphatic rings. The van der Waals surface area contributed by atoms with Crippen molar-refractivity contribution in [3.63, 3.8) is 0 Å². The lowest BCUT2D eigenvalue weighted by molar-refractivity contribution is -0.150. The maximum atomic E-state index is 14.0. The summed E-state index contributed by atoms with van der Waals surface area (Å²) in [6.07, 6.45) is 5.01. The minimum atomic E-state index is -0.710. The Bertz CT molecular complexity index is 947. The van der Waals surface area contributed by atoms with Gasteiger partial charge in [0.15, 0.2) is 0 Å². The van der Waals surface area contributed by atoms with Crippen molar-refractivity contribution in [3.05, 3.63) is 35.4 Å². The fourth-order valence-corrected chi connectivity index (χ4v) is 6.10. The van der Waals surface area contributed by atoms with Crippen molar-refractivity contribution in [2.24, 2.45) is 5.41 Å². The van der Waals surface area contributed by atoms with Crippen molar-refractivity contribution in [2.75, 3.05) is 13.7 Å². The summed E-state index contributed by atoms with van der Waals surface area (Å²) >= 11 is 0. The Labute approximate surface area is 208 Å². The van der Waals surface area contributed by atoms with Crippen LogP contribution in [0.4, 0.5) is 0 Å². The molecule has 8 heteroatoms. The highest BCUT2D eigenvalue weighted by Crippen LogP contribution is 2.48. The summed E-state index contributed by atoms with van der Waals surface area (Å²) in [6.45, 7) is 6.29. The SMILES string of the molecule is CCC1(CC)CC2OCC[C@H](NC(=O)[C@H](C)NC)C(=O)N2C1C(=O)N[C@@H]1CCCc2ccccc21. The summed E-state index contributed by atoms with van der Waals surface area (Å²) in [5.74, 6) is -0.580. The molecular formula is C27H40N4O4. The molecule has 3 amide bonds. The second-order valence-corrected chi connectivity index (χ2v) is 10.3. The lowest BCUT2D eigenvalue weighted by Crippen LogP contribution is -2.59. The summed E-state index contributed by atoms with van der Waals surface area (Å²) in [7, 11) is 1.71. The first-order chi connectivity index (χ1) is 16.8. The van der Waals surface area contributed by atoms with Crippen LogP contribution in [-0.2, 0) is 25.5 Å². The largest absolute Gasteiger partial charge is 0.358 e. The van der Waals surface area contributed by atoms with E-state index in [2.05, 4.69) is 41.9 Å². The van der Waals surface area contributed by atoms with E-state index in [1.807, 2.05) is 12.1 Å². The Morgan fingerprint density at radius 3 is 2.60 bits per heavy atom. The second kappa shape index (κ2) is 10.7. The highest BCUT2D eigenvalue weighted by atomic mass is 16.5. The monoisotopic (exact) mass is 484 g/mol. The number of nitrogens with one attached hydrogen (secondary N) is 3. The van der Waals surface area contributed by atoms with Crippen molar-refractivity contribution in [1.29, 1.82) is 0 Å². The molecule has 4 rings (SSSR count). The van der Waals surface area contributed by atoms with Gasteiger partial charge in [0.05, 0.1) is 18.7 Å². The molecule has 1 aromatic rings. The smallest absolute Gasteiger partial charge is 0.247 e. The number of hydrogen-bond donors (Lipinski definition) is 3. The molecule has 2 saturated heterocycles. The Morgan fingerprint density at radius 2 is 1.89 bits per heavy atom. The zero-order valence-corrected chi connectivity index (χ0v) is 21.4. The van der Waals surface area contributed by atoms with E-state index in [1.165, 1.54) is 11.1 Å². The van der Waals surface area contributed by atoms with Crippen molar-refractivity contribution >= 4 is 17.7 Å². The van der Waals surface area contributed by atoms with Crippen LogP contribution in [0.25, 0.3) is 0 Å². The lowest BCUT2D eigenvalue weighted by Gasteiger charge is -2.38. The number of aryl methyl sites for hydroxylation is 1. The van der Waals surface area contributed by atoms with Crippen LogP contribution in [0.3, 0.4) is 0 Å². The van der Waals surface area contributed by atoms with E-state index >= 15 is 0 Å². The van der Waals surface area contributed by atoms with Gasteiger partial charge in [0, 0.05) is 18.3 Å². The van der Waals surface area contributed by atoms with Crippen LogP contribution in [0, 0.1) is 5.41 Å². The summed E-state index contributed by atoms with van der Waals surface area (Å²) in [5.41, 5.74) is 2.08. The van der Waals surface area contributed by atoms with Crippen LogP contribution < -0.4 is 16.0 Å². The zero-order valence-electron chi connectivity index (χ0n) is 21.4. The Morgan fingerprint density at radius 1 is 1.14 bits per heavy atom. The lowest BCUT2D eigenvalue weighted by atomic mass is 9.74. The maximum absolute atomic E-state index is 14.0. The topological polar surface area (TPSA) is 99.8 Å². The average Bonchev–Trinajstić information content (AvgIpc) is 3.14. The molecule has 0 radical (unpaired) electrons. The molecule has 1 aliphatic carbocycles. The van der Waals surface area contributed by atoms with Crippen molar-refractivity contribution in [1.82, 2.24) is 20.9 Å². The maximum Gasteiger partial charge on any atom is 0.247 e. The molecule has 2 aliphatic heterocycles. The van der Waals surface area contributed by atoms with E-state index in [0.29, 0.717) is 19.4 Å². The molecule has 5 atom stereocenters. The van der Waals surface area contributed by atoms with E-state index < -0.39 is 24.4 Å². The molecule has 0 aromatic heterocycles. The van der Waals surface area contributed by atoms with E-state index in [1.54, 1.807) is 18.9 Å². The molecule has 8 nitrogen and oxygen atoms in total. The third-order valence-electron chi connectivity index (χ3n) is 8.50. The number of rotatable bonds is 7. The van der Waals surface area contributed by atoms with Gasteiger partial charge in [0.1, 0.15) is 18.3 Å². The second-order valence-electron chi connectivity index (χ2n) is 10.3. The van der Waals surface area contributed by atoms with Gasteiger partial charge in [0.25, 0.3) is 0 Å². The highest BCUT2D eigenvalue weighted by molar-refractivity contribution is 5.94. The predicted molar refractivity (Wildman–Crippen MR) is 133 cm³/mol. The van der Waals surface area contributed by atoms with Gasteiger partial charge in [0.2, 0.25) is 17.7 Å². The van der Waals surface area contributed by atoms with E-state index in [-0.39, 0.29) is 29.2 Å². The fraction of sp³-hybridized carbons (Fsp3) is 0.667. The van der Waals surface area contributed by atoms with Gasteiger partial charge in [-0.05, 0) is 57.2 Å². The van der Waals surface area contributed by atoms with E-state index in [9.17, 15) is 14.4 Å². The quantitative estimate of drug-likeness (QED) is 0.552. The van der Waals surface area contributed by atoms with Gasteiger partial charge in [-0.1, -0.05) is 38.1 Å². The number of hydrogen-bond acceptors (Lipinski definition) is 5. The van der Waals surface area contributed by atoms with Crippen molar-refractivity contribution < 1.29 is 19.1 Å². The highest BCUT2D eigenvalue weighted by Gasteiger charge is 2.57. The molecule has 2 unspecified atom stereocenters. The van der Waals surface area contributed by atoms with Crippen molar-refractivity contribution in [2.45, 2.75) is 96.1 Å². The molecule has 3 N–H and O–H groups in total. The van der Waals surface area contributed by atoms with Gasteiger partial charge >= 0.3 is 0 Å². The molecular weight excluding hydrogens is 444 g/mol. The minimum absolute atomic E-state index is 0.0621. The van der Waals surface area contributed by atoms with Crippen LogP contribution >= 0.6 is 0 Å². The Balaban J connectivity index is 1.62. The van der Waals surface area contributed by atoms with Crippen LogP contribution in [-0.4, -0.2) is 60.6 Å². The van der Waals surface area contributed by atoms with Gasteiger partial charge in [-0.15, -0.1) is 0 Å². The predicted octanol–water partition coefficient (Wildman–Crippen LogP) is 2.43. The fourth-order valence-electron chi connectivity index (χ4n) is 6.10. The van der Waals surface area contributed by atoms with E-state index in [0.717, 1.165) is 32.1 Å². The Hall–Kier alpha value is -2.45. The molecule has 2 fully saturated rings. The number of nitrogens with zero attached hydrogens (tertiary/aromatic N) is 1. The number of likely N-dealkylation sites (N-methyl/N-ethyl adjacent to an activating group) is 1. The van der Waals surface area contributed by atoms with Gasteiger partial charge in [-0.25, -0.2) is 0 Å². The van der Waals surface area contributed by atoms with Crippen LogP contribution in [0.15, 0.2) is 24.3 Å². The first-order valence-electron chi connectivity index (χ1n) is 13.1. The van der Waals surface area contributed by atoms with Crippen LogP contribution in [0.1, 0.15) is 76.5 Å². The van der Waals surface area contributed by atoms with Gasteiger partial charge < -0.3 is 25.6 Å². The zero-order chi connectivity index (χ0) is 25.2. The molecule has 35 heavy (non-hydrogen) atoms. The average molecular weight is 485 g/mol. The van der Waals surface area contributed by atoms with Gasteiger partial charge in [-0.3, -0.25) is 14.4 Å². The third kappa shape index (κ3) is 4.83. The normalized spacial score (nSPS) is 28.5. The van der Waals surface area contributed by atoms with E-state index in [4.69, 9.17) is 4.74 Å². The van der Waals surface area contributed by atoms with Crippen molar-refractivity contribution in [3.8, 4) is 0 Å². The first kappa shape index (κ1) is 25.6. The molecule has 0 spiro atoms. The number of ether oxygens (including phenoxy) is 1. The minimum Gasteiger partial charge on any atom is -0.358 e. The Kier molecular flexibility index (Phi) is 7.81. The summed E-state index contributed by atoms with van der Waals surface area (Å²) in [6, 6.07) is 6.46. The number of carbonyl (C=O) groups excluding carboxylic acids is 3. The molecule has 0 saturated carbocycles.